The smallest absolute Gasteiger partial charge is 0.350 e. The predicted octanol–water partition coefficient (Wildman–Crippen LogP) is 2.41. The SMILES string of the molecule is CO[C@@]12c3c(C)cc(O)c4c(=O)oc(O)c(c34)C[C@@H]1[C@]13COC(=O)c4c(O)cc(C)c(c41)C(=O)[C@H]2[C@@H]3OC(C)=O. The van der Waals surface area contributed by atoms with Gasteiger partial charge in [0.25, 0.3) is 5.95 Å². The minimum absolute atomic E-state index is 0.0669. The van der Waals surface area contributed by atoms with Gasteiger partial charge >= 0.3 is 17.6 Å². The Balaban J connectivity index is 1.71. The number of phenolic OH excluding ortho intramolecular Hbond substituents is 2. The molecule has 0 saturated heterocycles. The molecule has 1 aromatic heterocycles. The van der Waals surface area contributed by atoms with Gasteiger partial charge in [-0.2, -0.15) is 0 Å². The molecule has 4 aliphatic rings. The highest BCUT2D eigenvalue weighted by molar-refractivity contribution is 6.10. The highest BCUT2D eigenvalue weighted by Gasteiger charge is 2.78. The third-order valence-corrected chi connectivity index (χ3v) is 9.44. The van der Waals surface area contributed by atoms with E-state index in [9.17, 15) is 34.5 Å². The molecule has 2 heterocycles. The molecule has 0 unspecified atom stereocenters. The van der Waals surface area contributed by atoms with Crippen LogP contribution in [0, 0.1) is 25.7 Å². The van der Waals surface area contributed by atoms with Gasteiger partial charge in [0, 0.05) is 36.5 Å². The summed E-state index contributed by atoms with van der Waals surface area (Å²) >= 11 is 0. The van der Waals surface area contributed by atoms with Gasteiger partial charge in [0.1, 0.15) is 40.8 Å². The molecule has 40 heavy (non-hydrogen) atoms. The first-order chi connectivity index (χ1) is 18.9. The van der Waals surface area contributed by atoms with Crippen LogP contribution >= 0.6 is 0 Å². The summed E-state index contributed by atoms with van der Waals surface area (Å²) in [5.41, 5.74) is -2.28. The number of cyclic esters (lactones) is 1. The molecule has 206 valence electrons. The number of fused-ring (bicyclic) bond motifs is 4. The molecule has 1 fully saturated rings. The molecule has 11 nitrogen and oxygen atoms in total. The van der Waals surface area contributed by atoms with Crippen molar-refractivity contribution in [1.29, 1.82) is 0 Å². The zero-order chi connectivity index (χ0) is 28.6. The standard InChI is InChI=1S/C29H24O11/c1-9-5-14(32)19-21-16(9)23(33)22-24(39-11(3)30)28(21,8-38-26(19)35)15-7-12-17-18(27(36)40-25(12)34)13(31)6-10(2)20(17)29(15,22)37-4/h5-6,15,22,24,31-32,34H,7-8H2,1-4H3/t15-,22+,24+,28-,29-/m1/s1. The molecule has 3 aromatic rings. The predicted molar refractivity (Wildman–Crippen MR) is 135 cm³/mol. The second kappa shape index (κ2) is 7.42. The minimum atomic E-state index is -1.57. The van der Waals surface area contributed by atoms with E-state index in [0.29, 0.717) is 16.7 Å². The largest absolute Gasteiger partial charge is 0.507 e. The van der Waals surface area contributed by atoms with Crippen molar-refractivity contribution in [3.8, 4) is 17.4 Å². The van der Waals surface area contributed by atoms with Crippen LogP contribution in [0.3, 0.4) is 0 Å². The topological polar surface area (TPSA) is 170 Å². The quantitative estimate of drug-likeness (QED) is 0.402. The van der Waals surface area contributed by atoms with E-state index in [1.165, 1.54) is 26.2 Å². The Hall–Kier alpha value is -4.38. The zero-order valence-electron chi connectivity index (χ0n) is 21.9. The summed E-state index contributed by atoms with van der Waals surface area (Å²) in [6, 6.07) is 2.69. The number of aryl methyl sites for hydroxylation is 2. The van der Waals surface area contributed by atoms with Gasteiger partial charge in [-0.05, 0) is 54.7 Å². The van der Waals surface area contributed by atoms with Gasteiger partial charge in [0.15, 0.2) is 5.78 Å². The fraction of sp³-hybridized carbons (Fsp3) is 0.379. The van der Waals surface area contributed by atoms with E-state index in [2.05, 4.69) is 0 Å². The van der Waals surface area contributed by atoms with E-state index in [1.807, 2.05) is 0 Å². The summed E-state index contributed by atoms with van der Waals surface area (Å²) < 4.78 is 23.0. The molecule has 3 N–H and O–H groups in total. The number of hydrogen-bond acceptors (Lipinski definition) is 11. The number of ether oxygens (including phenoxy) is 3. The van der Waals surface area contributed by atoms with Crippen molar-refractivity contribution >= 4 is 28.5 Å². The van der Waals surface area contributed by atoms with Crippen molar-refractivity contribution in [2.24, 2.45) is 11.8 Å². The first-order valence-corrected chi connectivity index (χ1v) is 12.7. The maximum atomic E-state index is 14.6. The number of aromatic hydroxyl groups is 3. The summed E-state index contributed by atoms with van der Waals surface area (Å²) in [5.74, 6) is -5.37. The monoisotopic (exact) mass is 548 g/mol. The normalized spacial score (nSPS) is 29.1. The van der Waals surface area contributed by atoms with Crippen molar-refractivity contribution < 1.29 is 48.3 Å². The fourth-order valence-electron chi connectivity index (χ4n) is 8.32. The van der Waals surface area contributed by atoms with Crippen LogP contribution in [-0.2, 0) is 36.4 Å². The molecule has 0 amide bonds. The number of phenols is 2. The number of Topliss-reactive ketones (excluding diaryl/α,β-unsaturated/α-hetero) is 1. The third kappa shape index (κ3) is 2.46. The summed E-state index contributed by atoms with van der Waals surface area (Å²) in [6.07, 6.45) is -1.27. The third-order valence-electron chi connectivity index (χ3n) is 9.44. The van der Waals surface area contributed by atoms with E-state index in [4.69, 9.17) is 18.6 Å². The van der Waals surface area contributed by atoms with Crippen LogP contribution in [0.4, 0.5) is 0 Å². The number of rotatable bonds is 2. The Bertz CT molecular complexity index is 1820. The lowest BCUT2D eigenvalue weighted by Crippen LogP contribution is -2.56. The molecule has 7 rings (SSSR count). The summed E-state index contributed by atoms with van der Waals surface area (Å²) in [4.78, 5) is 53.1. The number of ketones is 1. The molecule has 5 atom stereocenters. The van der Waals surface area contributed by atoms with Gasteiger partial charge in [-0.15, -0.1) is 0 Å². The zero-order valence-corrected chi connectivity index (χ0v) is 21.9. The van der Waals surface area contributed by atoms with E-state index in [-0.39, 0.29) is 57.6 Å². The maximum Gasteiger partial charge on any atom is 0.350 e. The van der Waals surface area contributed by atoms with Crippen LogP contribution in [0.5, 0.6) is 17.4 Å². The highest BCUT2D eigenvalue weighted by atomic mass is 16.6. The van der Waals surface area contributed by atoms with Crippen LogP contribution in [0.1, 0.15) is 55.5 Å². The van der Waals surface area contributed by atoms with Crippen LogP contribution in [0.2, 0.25) is 0 Å². The number of hydrogen-bond donors (Lipinski definition) is 3. The first-order valence-electron chi connectivity index (χ1n) is 12.7. The average Bonchev–Trinajstić information content (AvgIpc) is 3.04. The Kier molecular flexibility index (Phi) is 4.57. The Labute approximate surface area is 225 Å². The van der Waals surface area contributed by atoms with E-state index in [1.54, 1.807) is 13.8 Å². The molecule has 1 aliphatic heterocycles. The fourth-order valence-corrected chi connectivity index (χ4v) is 8.32. The second-order valence-corrected chi connectivity index (χ2v) is 11.1. The first kappa shape index (κ1) is 24.6. The van der Waals surface area contributed by atoms with Crippen LogP contribution in [0.25, 0.3) is 10.8 Å². The van der Waals surface area contributed by atoms with Crippen LogP contribution < -0.4 is 5.63 Å². The lowest BCUT2D eigenvalue weighted by atomic mass is 9.60. The Morgan fingerprint density at radius 2 is 1.70 bits per heavy atom. The second-order valence-electron chi connectivity index (χ2n) is 11.1. The summed E-state index contributed by atoms with van der Waals surface area (Å²) in [5, 5.41) is 32.6. The van der Waals surface area contributed by atoms with Gasteiger partial charge < -0.3 is 33.9 Å². The number of esters is 2. The molecule has 2 aromatic carbocycles. The number of benzene rings is 2. The summed E-state index contributed by atoms with van der Waals surface area (Å²) in [7, 11) is 1.40. The molecule has 11 heteroatoms. The Morgan fingerprint density at radius 1 is 1.00 bits per heavy atom. The Morgan fingerprint density at radius 3 is 2.38 bits per heavy atom. The van der Waals surface area contributed by atoms with Gasteiger partial charge in [0.05, 0.1) is 11.3 Å². The van der Waals surface area contributed by atoms with E-state index in [0.717, 1.165) is 0 Å². The average molecular weight is 549 g/mol. The van der Waals surface area contributed by atoms with Crippen LogP contribution in [0.15, 0.2) is 21.3 Å². The van der Waals surface area contributed by atoms with Crippen molar-refractivity contribution in [1.82, 2.24) is 0 Å². The lowest BCUT2D eigenvalue weighted by molar-refractivity contribution is -0.154. The molecular formula is C29H24O11. The molecule has 1 spiro atoms. The molecule has 2 bridgehead atoms. The molecular weight excluding hydrogens is 524 g/mol. The maximum absolute atomic E-state index is 14.6. The van der Waals surface area contributed by atoms with Crippen LogP contribution in [-0.4, -0.2) is 52.9 Å². The van der Waals surface area contributed by atoms with Gasteiger partial charge in [-0.25, -0.2) is 9.59 Å². The molecule has 1 saturated carbocycles. The number of carbonyl (C=O) groups excluding carboxylic acids is 3. The minimum Gasteiger partial charge on any atom is -0.507 e. The number of methoxy groups -OCH3 is 1. The molecule has 3 aliphatic carbocycles. The highest BCUT2D eigenvalue weighted by Crippen LogP contribution is 2.70. The van der Waals surface area contributed by atoms with Crippen molar-refractivity contribution in [2.45, 2.75) is 44.3 Å². The van der Waals surface area contributed by atoms with E-state index < -0.39 is 58.2 Å². The molecule has 0 radical (unpaired) electrons. The van der Waals surface area contributed by atoms with Crippen molar-refractivity contribution in [3.05, 3.63) is 61.5 Å². The summed E-state index contributed by atoms with van der Waals surface area (Å²) in [6.45, 7) is 4.22. The van der Waals surface area contributed by atoms with Crippen molar-refractivity contribution in [2.75, 3.05) is 13.7 Å². The van der Waals surface area contributed by atoms with E-state index >= 15 is 0 Å². The van der Waals surface area contributed by atoms with Gasteiger partial charge in [-0.3, -0.25) is 9.59 Å². The number of carbonyl (C=O) groups is 3. The van der Waals surface area contributed by atoms with Crippen molar-refractivity contribution in [3.63, 3.8) is 0 Å². The van der Waals surface area contributed by atoms with Gasteiger partial charge in [-0.1, -0.05) is 0 Å². The lowest BCUT2D eigenvalue weighted by Gasteiger charge is -2.48. The van der Waals surface area contributed by atoms with Gasteiger partial charge in [0.2, 0.25) is 0 Å².